The van der Waals surface area contributed by atoms with Gasteiger partial charge in [0.2, 0.25) is 5.88 Å². The van der Waals surface area contributed by atoms with Gasteiger partial charge in [-0.25, -0.2) is 4.98 Å². The first-order valence-corrected chi connectivity index (χ1v) is 10.1. The van der Waals surface area contributed by atoms with Crippen molar-refractivity contribution in [2.45, 2.75) is 20.1 Å². The highest BCUT2D eigenvalue weighted by atomic mass is 16.5. The molecule has 0 atom stereocenters. The molecular weight excluding hydrogens is 388 g/mol. The maximum absolute atomic E-state index is 13.1. The molecule has 0 saturated carbocycles. The number of rotatable bonds is 7. The van der Waals surface area contributed by atoms with Crippen molar-refractivity contribution in [1.82, 2.24) is 10.3 Å². The smallest absolute Gasteiger partial charge is 0.252 e. The lowest BCUT2D eigenvalue weighted by atomic mass is 10.1. The summed E-state index contributed by atoms with van der Waals surface area (Å²) in [5, 5.41) is 3.77. The highest BCUT2D eigenvalue weighted by Gasteiger charge is 2.14. The summed E-state index contributed by atoms with van der Waals surface area (Å²) in [5.41, 5.74) is 4.39. The van der Waals surface area contributed by atoms with Crippen LogP contribution in [0.15, 0.2) is 78.9 Å². The van der Waals surface area contributed by atoms with Gasteiger partial charge < -0.3 is 14.8 Å². The molecule has 1 heterocycles. The molecule has 5 nitrogen and oxygen atoms in total. The summed E-state index contributed by atoms with van der Waals surface area (Å²) in [6, 6.07) is 25.0. The summed E-state index contributed by atoms with van der Waals surface area (Å²) >= 11 is 0. The molecule has 0 aliphatic carbocycles. The number of carbonyl (C=O) groups excluding carboxylic acids is 1. The highest BCUT2D eigenvalue weighted by molar-refractivity contribution is 6.06. The van der Waals surface area contributed by atoms with Crippen molar-refractivity contribution in [2.75, 3.05) is 7.11 Å². The molecule has 0 bridgehead atoms. The molecule has 0 radical (unpaired) electrons. The molecule has 1 N–H and O–H groups in total. The summed E-state index contributed by atoms with van der Waals surface area (Å²) in [5.74, 6) is 0.968. The summed E-state index contributed by atoms with van der Waals surface area (Å²) < 4.78 is 11.3. The zero-order valence-corrected chi connectivity index (χ0v) is 17.6. The number of aryl methyl sites for hydroxylation is 1. The van der Waals surface area contributed by atoms with E-state index in [4.69, 9.17) is 9.47 Å². The number of pyridine rings is 1. The Balaban J connectivity index is 1.56. The predicted octanol–water partition coefficient (Wildman–Crippen LogP) is 5.06. The predicted molar refractivity (Wildman–Crippen MR) is 121 cm³/mol. The van der Waals surface area contributed by atoms with Crippen molar-refractivity contribution >= 4 is 16.8 Å². The number of para-hydroxylation sites is 2. The van der Waals surface area contributed by atoms with E-state index in [1.807, 2.05) is 79.7 Å². The maximum Gasteiger partial charge on any atom is 0.252 e. The summed E-state index contributed by atoms with van der Waals surface area (Å²) in [7, 11) is 1.62. The molecule has 0 aliphatic rings. The second-order valence-electron chi connectivity index (χ2n) is 7.29. The fraction of sp³-hybridized carbons (Fsp3) is 0.154. The molecule has 4 rings (SSSR count). The molecule has 31 heavy (non-hydrogen) atoms. The second-order valence-corrected chi connectivity index (χ2v) is 7.29. The zero-order valence-electron chi connectivity index (χ0n) is 17.6. The van der Waals surface area contributed by atoms with Crippen molar-refractivity contribution in [2.24, 2.45) is 0 Å². The van der Waals surface area contributed by atoms with E-state index < -0.39 is 0 Å². The Hall–Kier alpha value is -3.86. The molecule has 3 aromatic carbocycles. The monoisotopic (exact) mass is 412 g/mol. The number of fused-ring (bicyclic) bond motifs is 1. The van der Waals surface area contributed by atoms with Gasteiger partial charge in [-0.05, 0) is 24.6 Å². The quantitative estimate of drug-likeness (QED) is 0.461. The van der Waals surface area contributed by atoms with E-state index in [0.29, 0.717) is 30.1 Å². The first-order valence-electron chi connectivity index (χ1n) is 10.1. The first-order chi connectivity index (χ1) is 15.1. The van der Waals surface area contributed by atoms with E-state index in [-0.39, 0.29) is 5.91 Å². The molecule has 0 spiro atoms. The lowest BCUT2D eigenvalue weighted by Crippen LogP contribution is -2.23. The molecule has 1 amide bonds. The molecule has 1 aromatic heterocycles. The third kappa shape index (κ3) is 4.83. The first kappa shape index (κ1) is 20.4. The molecular formula is C26H24N2O3. The standard InChI is InChI=1S/C26H24N2O3/c1-18-11-13-19(14-12-18)17-31-25-15-22(21-8-4-5-9-23(21)28-25)26(29)27-16-20-7-3-6-10-24(20)30-2/h3-15H,16-17H2,1-2H3,(H,27,29). The number of hydrogen-bond donors (Lipinski definition) is 1. The van der Waals surface area contributed by atoms with Gasteiger partial charge in [0.15, 0.2) is 0 Å². The molecule has 0 fully saturated rings. The van der Waals surface area contributed by atoms with Crippen LogP contribution in [0, 0.1) is 6.92 Å². The van der Waals surface area contributed by atoms with Gasteiger partial charge in [-0.2, -0.15) is 0 Å². The fourth-order valence-corrected chi connectivity index (χ4v) is 3.37. The number of methoxy groups -OCH3 is 1. The van der Waals surface area contributed by atoms with Crippen molar-refractivity contribution in [3.05, 3.63) is 101 Å². The Morgan fingerprint density at radius 1 is 0.968 bits per heavy atom. The van der Waals surface area contributed by atoms with Gasteiger partial charge in [0.1, 0.15) is 12.4 Å². The van der Waals surface area contributed by atoms with E-state index >= 15 is 0 Å². The van der Waals surface area contributed by atoms with Gasteiger partial charge >= 0.3 is 0 Å². The summed E-state index contributed by atoms with van der Waals surface area (Å²) in [6.45, 7) is 2.79. The van der Waals surface area contributed by atoms with E-state index in [2.05, 4.69) is 10.3 Å². The van der Waals surface area contributed by atoms with Crippen molar-refractivity contribution < 1.29 is 14.3 Å². The van der Waals surface area contributed by atoms with Gasteiger partial charge in [0.25, 0.3) is 5.91 Å². The van der Waals surface area contributed by atoms with Crippen LogP contribution in [0.4, 0.5) is 0 Å². The highest BCUT2D eigenvalue weighted by Crippen LogP contribution is 2.23. The number of amides is 1. The van der Waals surface area contributed by atoms with Crippen molar-refractivity contribution in [3.63, 3.8) is 0 Å². The van der Waals surface area contributed by atoms with Gasteiger partial charge in [-0.1, -0.05) is 66.2 Å². The van der Waals surface area contributed by atoms with Crippen molar-refractivity contribution in [1.29, 1.82) is 0 Å². The second kappa shape index (κ2) is 9.30. The topological polar surface area (TPSA) is 60.5 Å². The third-order valence-electron chi connectivity index (χ3n) is 5.08. The number of aromatic nitrogens is 1. The molecule has 0 saturated heterocycles. The van der Waals surface area contributed by atoms with Crippen LogP contribution < -0.4 is 14.8 Å². The summed E-state index contributed by atoms with van der Waals surface area (Å²) in [6.07, 6.45) is 0. The van der Waals surface area contributed by atoms with E-state index in [0.717, 1.165) is 22.3 Å². The molecule has 5 heteroatoms. The average molecular weight is 412 g/mol. The number of nitrogens with zero attached hydrogens (tertiary/aromatic N) is 1. The number of hydrogen-bond acceptors (Lipinski definition) is 4. The Morgan fingerprint density at radius 3 is 2.52 bits per heavy atom. The SMILES string of the molecule is COc1ccccc1CNC(=O)c1cc(OCc2ccc(C)cc2)nc2ccccc12. The van der Waals surface area contributed by atoms with Gasteiger partial charge in [0, 0.05) is 23.6 Å². The normalized spacial score (nSPS) is 10.6. The maximum atomic E-state index is 13.1. The van der Waals surface area contributed by atoms with Crippen molar-refractivity contribution in [3.8, 4) is 11.6 Å². The van der Waals surface area contributed by atoms with Crippen LogP contribution in [-0.4, -0.2) is 18.0 Å². The Labute approximate surface area is 181 Å². The minimum atomic E-state index is -0.190. The van der Waals surface area contributed by atoms with E-state index in [9.17, 15) is 4.79 Å². The Morgan fingerprint density at radius 2 is 1.71 bits per heavy atom. The van der Waals surface area contributed by atoms with Crippen LogP contribution in [0.2, 0.25) is 0 Å². The van der Waals surface area contributed by atoms with E-state index in [1.165, 1.54) is 5.56 Å². The molecule has 0 unspecified atom stereocenters. The van der Waals surface area contributed by atoms with Crippen LogP contribution in [0.3, 0.4) is 0 Å². The molecule has 0 aliphatic heterocycles. The van der Waals surface area contributed by atoms with Gasteiger partial charge in [0.05, 0.1) is 18.2 Å². The van der Waals surface area contributed by atoms with Crippen LogP contribution in [0.25, 0.3) is 10.9 Å². The lowest BCUT2D eigenvalue weighted by molar-refractivity contribution is 0.0951. The van der Waals surface area contributed by atoms with Crippen LogP contribution in [-0.2, 0) is 13.2 Å². The number of nitrogens with one attached hydrogen (secondary N) is 1. The Bertz CT molecular complexity index is 1200. The number of carbonyl (C=O) groups is 1. The minimum Gasteiger partial charge on any atom is -0.496 e. The Kier molecular flexibility index (Phi) is 6.13. The van der Waals surface area contributed by atoms with Crippen LogP contribution in [0.1, 0.15) is 27.0 Å². The number of benzene rings is 3. The average Bonchev–Trinajstić information content (AvgIpc) is 2.81. The zero-order chi connectivity index (χ0) is 21.6. The van der Waals surface area contributed by atoms with Gasteiger partial charge in [-0.3, -0.25) is 4.79 Å². The van der Waals surface area contributed by atoms with Gasteiger partial charge in [-0.15, -0.1) is 0 Å². The van der Waals surface area contributed by atoms with E-state index in [1.54, 1.807) is 13.2 Å². The molecule has 4 aromatic rings. The minimum absolute atomic E-state index is 0.190. The lowest BCUT2D eigenvalue weighted by Gasteiger charge is -2.13. The summed E-state index contributed by atoms with van der Waals surface area (Å²) in [4.78, 5) is 17.6. The van der Waals surface area contributed by atoms with Crippen LogP contribution in [0.5, 0.6) is 11.6 Å². The molecule has 156 valence electrons. The van der Waals surface area contributed by atoms with Crippen LogP contribution >= 0.6 is 0 Å². The fourth-order valence-electron chi connectivity index (χ4n) is 3.37. The number of ether oxygens (including phenoxy) is 2. The third-order valence-corrected chi connectivity index (χ3v) is 5.08. The largest absolute Gasteiger partial charge is 0.496 e.